The summed E-state index contributed by atoms with van der Waals surface area (Å²) in [6.07, 6.45) is 8.74. The van der Waals surface area contributed by atoms with Gasteiger partial charge in [0.1, 0.15) is 17.3 Å². The molecule has 125 heavy (non-hydrogen) atoms. The maximum atomic E-state index is 13.1. The predicted octanol–water partition coefficient (Wildman–Crippen LogP) is 1.73. The van der Waals surface area contributed by atoms with E-state index in [1.807, 2.05) is 48.5 Å². The van der Waals surface area contributed by atoms with E-state index in [2.05, 4.69) is 62.1 Å². The molecule has 2 aliphatic heterocycles. The fraction of sp³-hybridized carbons (Fsp3) is 0.614. The lowest BCUT2D eigenvalue weighted by Gasteiger charge is -2.18. The summed E-state index contributed by atoms with van der Waals surface area (Å²) in [5.74, 6) is -0.961. The van der Waals surface area contributed by atoms with Crippen molar-refractivity contribution < 1.29 is 129 Å². The third kappa shape index (κ3) is 52.2. The van der Waals surface area contributed by atoms with Gasteiger partial charge in [-0.1, -0.05) is 0 Å². The molecule has 0 saturated heterocycles. The lowest BCUT2D eigenvalue weighted by molar-refractivity contribution is -0.139. The number of Topliss-reactive ketones (excluding diaryl/α,β-unsaturated/α-hetero) is 3. The average Bonchev–Trinajstić information content (AvgIpc) is 1.82. The lowest BCUT2D eigenvalue weighted by atomic mass is 9.99. The van der Waals surface area contributed by atoms with Crippen LogP contribution in [-0.4, -0.2) is 344 Å². The molecule has 2 aromatic heterocycles. The number of nitrogens with one attached hydrogen (secondary N) is 4. The summed E-state index contributed by atoms with van der Waals surface area (Å²) in [6.45, 7) is 12.9. The fourth-order valence-corrected chi connectivity index (χ4v) is 10.8. The molecule has 2 atom stereocenters. The molecular weight excluding hydrogens is 1640 g/mol. The van der Waals surface area contributed by atoms with E-state index >= 15 is 0 Å². The summed E-state index contributed by atoms with van der Waals surface area (Å²) in [5.41, 5.74) is 7.03. The Kier molecular flexibility index (Phi) is 58.8. The molecule has 4 aromatic rings. The van der Waals surface area contributed by atoms with Gasteiger partial charge in [0.05, 0.1) is 157 Å². The Morgan fingerprint density at radius 1 is 0.360 bits per heavy atom. The van der Waals surface area contributed by atoms with Gasteiger partial charge in [-0.3, -0.25) is 67.3 Å². The molecular formula is C83H123N15O27. The molecule has 0 spiro atoms. The van der Waals surface area contributed by atoms with Crippen LogP contribution in [0, 0.1) is 13.8 Å². The van der Waals surface area contributed by atoms with Crippen LogP contribution in [0.2, 0.25) is 0 Å². The highest BCUT2D eigenvalue weighted by atomic mass is 16.6. The molecule has 0 bridgehead atoms. The van der Waals surface area contributed by atoms with E-state index in [9.17, 15) is 57.5 Å². The number of imide groups is 2. The number of aliphatic carboxylic acids is 1. The van der Waals surface area contributed by atoms with Crippen LogP contribution in [0.4, 0.5) is 0 Å². The van der Waals surface area contributed by atoms with E-state index in [0.717, 1.165) is 33.1 Å². The number of carboxylic acids is 1. The second kappa shape index (κ2) is 68.8. The van der Waals surface area contributed by atoms with Gasteiger partial charge >= 0.3 is 5.97 Å². The van der Waals surface area contributed by atoms with Gasteiger partial charge in [-0.05, 0) is 114 Å². The molecule has 42 nitrogen and oxygen atoms in total. The van der Waals surface area contributed by atoms with Crippen molar-refractivity contribution in [1.29, 1.82) is 0 Å². The first-order chi connectivity index (χ1) is 60.7. The Labute approximate surface area is 727 Å². The Morgan fingerprint density at radius 3 is 1.06 bits per heavy atom. The van der Waals surface area contributed by atoms with Gasteiger partial charge in [0.15, 0.2) is 23.2 Å². The number of carboxylic acid groups (broad SMARTS) is 1. The first-order valence-electron chi connectivity index (χ1n) is 41.7. The van der Waals surface area contributed by atoms with Gasteiger partial charge in [0.2, 0.25) is 35.3 Å². The normalized spacial score (nSPS) is 12.6. The number of unbranched alkanes of at least 4 members (excludes halogenated alkanes) is 1. The Balaban J connectivity index is 0.000000450. The summed E-state index contributed by atoms with van der Waals surface area (Å²) in [6, 6.07) is 13.1. The van der Waals surface area contributed by atoms with E-state index in [1.165, 1.54) is 24.3 Å². The zero-order valence-electron chi connectivity index (χ0n) is 72.0. The highest BCUT2D eigenvalue weighted by Gasteiger charge is 2.27. The van der Waals surface area contributed by atoms with Gasteiger partial charge in [0, 0.05) is 147 Å². The summed E-state index contributed by atoms with van der Waals surface area (Å²) in [4.78, 5) is 146. The summed E-state index contributed by atoms with van der Waals surface area (Å²) in [5, 5.41) is 51.3. The van der Waals surface area contributed by atoms with Gasteiger partial charge in [-0.15, -0.1) is 40.8 Å². The number of amides is 8. The zero-order valence-corrected chi connectivity index (χ0v) is 72.0. The fourth-order valence-electron chi connectivity index (χ4n) is 10.8. The average molecular weight is 1760 g/mol. The SMILES string of the molecule is COCCOCCCC(=O)C(CCC(=O)CCCCOc1ccc(-c2nnc(C)nn2)cc1)NC(=O)CCOCCOCCOCCOCCNC(=O)CCN1C(=O)C=CC1=O.COCCOCCCC(=O)C(CCC(=O)O)NC(=O)CCOCCOCCOCCOCCNC(=O)CCN1C(=O)C=CC1=O.Cc1nnc(-c2ccc(OCCCN)cc2)nn1. The summed E-state index contributed by atoms with van der Waals surface area (Å²) in [7, 11) is 3.14. The number of aromatic nitrogens is 8. The highest BCUT2D eigenvalue weighted by Crippen LogP contribution is 2.21. The van der Waals surface area contributed by atoms with Crippen LogP contribution >= 0.6 is 0 Å². The molecule has 7 N–H and O–H groups in total. The minimum Gasteiger partial charge on any atom is -0.494 e. The number of methoxy groups -OCH3 is 2. The largest absolute Gasteiger partial charge is 0.494 e. The van der Waals surface area contributed by atoms with E-state index in [4.69, 9.17) is 77.2 Å². The molecule has 42 heteroatoms. The van der Waals surface area contributed by atoms with E-state index in [-0.39, 0.29) is 159 Å². The number of benzene rings is 2. The first-order valence-corrected chi connectivity index (χ1v) is 41.7. The van der Waals surface area contributed by atoms with Crippen LogP contribution in [0.5, 0.6) is 11.5 Å². The van der Waals surface area contributed by atoms with Crippen molar-refractivity contribution >= 4 is 70.6 Å². The van der Waals surface area contributed by atoms with Crippen LogP contribution < -0.4 is 36.5 Å². The monoisotopic (exact) mass is 1760 g/mol. The van der Waals surface area contributed by atoms with Crippen LogP contribution in [0.3, 0.4) is 0 Å². The van der Waals surface area contributed by atoms with E-state index in [0.29, 0.717) is 193 Å². The van der Waals surface area contributed by atoms with Gasteiger partial charge in [-0.25, -0.2) is 0 Å². The van der Waals surface area contributed by atoms with Crippen LogP contribution in [0.15, 0.2) is 72.8 Å². The van der Waals surface area contributed by atoms with Crippen molar-refractivity contribution in [3.05, 3.63) is 84.5 Å². The molecule has 0 aliphatic carbocycles. The van der Waals surface area contributed by atoms with Crippen LogP contribution in [-0.2, 0) is 114 Å². The molecule has 692 valence electrons. The standard InChI is InChI=1S/C42H61N7O13.C29H47N3O13.C12H15N5O/c1-32-45-47-42(48-46-32)33-8-11-35(12-9-33)62-21-4-3-6-34(50)10-13-36(37(51)7-5-20-57-25-24-56-2)44-39(53)17-22-58-26-28-60-30-31-61-29-27-59-23-18-43-38(52)16-19-49-40(54)14-15-41(49)55;1-40-15-16-41-12-2-3-24(33)23(4-7-29(38)39)31-26(35)9-13-42-17-19-44-21-22-45-20-18-43-14-10-30-25(34)8-11-32-27(36)5-6-28(32)37;1-9-14-16-12(17-15-9)10-3-5-11(6-4-10)18-8-2-7-13/h8-9,11-12,14-15,36H,3-7,10,13,16-31H2,1-2H3,(H,43,52)(H,44,53);5-6,23H,2-4,7-22H2,1H3,(H,30,34)(H,31,35)(H,38,39);3-6H,2,7-8,13H2,1H3. The number of rotatable bonds is 72. The van der Waals surface area contributed by atoms with Crippen molar-refractivity contribution in [2.24, 2.45) is 5.73 Å². The van der Waals surface area contributed by atoms with Crippen LogP contribution in [0.1, 0.15) is 114 Å². The lowest BCUT2D eigenvalue weighted by Crippen LogP contribution is -2.41. The second-order valence-electron chi connectivity index (χ2n) is 27.4. The maximum Gasteiger partial charge on any atom is 0.303 e. The van der Waals surface area contributed by atoms with Gasteiger partial charge < -0.3 is 98.4 Å². The van der Waals surface area contributed by atoms with Crippen molar-refractivity contribution in [2.45, 2.75) is 129 Å². The number of hydrogen-bond donors (Lipinski definition) is 6. The third-order valence-corrected chi connectivity index (χ3v) is 17.5. The molecule has 2 unspecified atom stereocenters. The molecule has 0 fully saturated rings. The smallest absolute Gasteiger partial charge is 0.303 e. The van der Waals surface area contributed by atoms with Gasteiger partial charge in [0.25, 0.3) is 23.6 Å². The molecule has 0 saturated carbocycles. The van der Waals surface area contributed by atoms with Gasteiger partial charge in [-0.2, -0.15) is 0 Å². The van der Waals surface area contributed by atoms with Crippen molar-refractivity contribution in [3.63, 3.8) is 0 Å². The van der Waals surface area contributed by atoms with E-state index in [1.54, 1.807) is 28.1 Å². The second-order valence-corrected chi connectivity index (χ2v) is 27.4. The van der Waals surface area contributed by atoms with Crippen LogP contribution in [0.25, 0.3) is 22.8 Å². The number of nitrogens with two attached hydrogens (primary N) is 1. The number of ketones is 3. The number of carbonyl (C=O) groups excluding carboxylic acids is 11. The number of nitrogens with zero attached hydrogens (tertiary/aromatic N) is 10. The maximum absolute atomic E-state index is 13.1. The molecule has 4 heterocycles. The Hall–Kier alpha value is -10.5. The Bertz CT molecular complexity index is 3800. The number of ether oxygens (including phenoxy) is 14. The highest BCUT2D eigenvalue weighted by molar-refractivity contribution is 6.13. The Morgan fingerprint density at radius 2 is 0.696 bits per heavy atom. The zero-order chi connectivity index (χ0) is 90.5. The first kappa shape index (κ1) is 107. The molecule has 8 amide bonds. The topological polar surface area (TPSA) is 538 Å². The minimum absolute atomic E-state index is 0.00866. The number of aryl methyl sites for hydroxylation is 2. The minimum atomic E-state index is -1.05. The quantitative estimate of drug-likeness (QED) is 0.0271. The molecule has 2 aliphatic rings. The molecule has 6 rings (SSSR count). The molecule has 0 radical (unpaired) electrons. The van der Waals surface area contributed by atoms with Crippen molar-refractivity contribution in [1.82, 2.24) is 71.9 Å². The molecule has 2 aromatic carbocycles. The predicted molar refractivity (Wildman–Crippen MR) is 446 cm³/mol. The van der Waals surface area contributed by atoms with E-state index < -0.39 is 47.6 Å². The van der Waals surface area contributed by atoms with Crippen molar-refractivity contribution in [2.75, 3.05) is 206 Å². The van der Waals surface area contributed by atoms with Crippen molar-refractivity contribution in [3.8, 4) is 34.3 Å². The number of hydrogen-bond acceptors (Lipinski definition) is 35. The third-order valence-electron chi connectivity index (χ3n) is 17.5. The summed E-state index contributed by atoms with van der Waals surface area (Å²) < 4.78 is 75.4. The number of carbonyl (C=O) groups is 12. The summed E-state index contributed by atoms with van der Waals surface area (Å²) >= 11 is 0.